The maximum absolute atomic E-state index is 13.3. The van der Waals surface area contributed by atoms with Crippen LogP contribution in [0.5, 0.6) is 0 Å². The average Bonchev–Trinajstić information content (AvgIpc) is 3.08. The van der Waals surface area contributed by atoms with Gasteiger partial charge in [-0.05, 0) is 58.1 Å². The topological polar surface area (TPSA) is 120 Å². The minimum Gasteiger partial charge on any atom is -0.442 e. The van der Waals surface area contributed by atoms with E-state index in [-0.39, 0.29) is 23.6 Å². The summed E-state index contributed by atoms with van der Waals surface area (Å²) in [5, 5.41) is 12.5. The molecule has 2 heterocycles. The van der Waals surface area contributed by atoms with Crippen LogP contribution in [0.3, 0.4) is 0 Å². The largest absolute Gasteiger partial charge is 0.442 e. The zero-order valence-corrected chi connectivity index (χ0v) is 22.1. The summed E-state index contributed by atoms with van der Waals surface area (Å²) < 4.78 is 5.68. The van der Waals surface area contributed by atoms with Crippen molar-refractivity contribution in [2.45, 2.75) is 59.5 Å². The summed E-state index contributed by atoms with van der Waals surface area (Å²) in [6, 6.07) is 10.4. The van der Waals surface area contributed by atoms with Crippen molar-refractivity contribution in [3.63, 3.8) is 0 Å². The van der Waals surface area contributed by atoms with Crippen molar-refractivity contribution in [3.8, 4) is 6.07 Å². The average molecular weight is 507 g/mol. The molecule has 0 N–H and O–H groups in total. The van der Waals surface area contributed by atoms with E-state index in [2.05, 4.69) is 9.97 Å². The van der Waals surface area contributed by atoms with Gasteiger partial charge in [-0.2, -0.15) is 10.2 Å². The Labute approximate surface area is 217 Å². The standard InChI is InChI=1S/C27H34N6O4/c1-19(2)18-33(23-13-14-29-22(17-28)30-23)32(26(36)37-27(3,4)5)16-10-6-9-15-31-24(34)20-11-7-8-12-21(20)25(31)35/h7-8,11-14,19H,6,9-10,15-16,18H2,1-5H3. The number of carbonyl (C=O) groups excluding carboxylic acids is 3. The van der Waals surface area contributed by atoms with Gasteiger partial charge in [0.15, 0.2) is 5.82 Å². The number of hydrazine groups is 1. The number of anilines is 1. The second kappa shape index (κ2) is 11.8. The number of imide groups is 1. The van der Waals surface area contributed by atoms with E-state index in [1.54, 1.807) is 56.1 Å². The SMILES string of the molecule is CC(C)CN(c1ccnc(C#N)n1)N(CCCCCN1C(=O)c2ccccc2C1=O)C(=O)OC(C)(C)C. The van der Waals surface area contributed by atoms with E-state index in [9.17, 15) is 19.6 Å². The van der Waals surface area contributed by atoms with Crippen LogP contribution in [0.1, 0.15) is 80.4 Å². The Bertz CT molecular complexity index is 1150. The van der Waals surface area contributed by atoms with Gasteiger partial charge in [0.2, 0.25) is 5.82 Å². The van der Waals surface area contributed by atoms with Crippen LogP contribution in [-0.4, -0.2) is 63.0 Å². The molecule has 0 saturated heterocycles. The lowest BCUT2D eigenvalue weighted by molar-refractivity contribution is 0.0213. The van der Waals surface area contributed by atoms with Crippen LogP contribution >= 0.6 is 0 Å². The lowest BCUT2D eigenvalue weighted by Crippen LogP contribution is -2.51. The molecule has 196 valence electrons. The molecule has 0 radical (unpaired) electrons. The molecule has 1 aromatic carbocycles. The number of hydrogen-bond acceptors (Lipinski definition) is 8. The highest BCUT2D eigenvalue weighted by atomic mass is 16.6. The first-order valence-corrected chi connectivity index (χ1v) is 12.5. The van der Waals surface area contributed by atoms with Crippen LogP contribution in [0.2, 0.25) is 0 Å². The molecule has 0 bridgehead atoms. The quantitative estimate of drug-likeness (QED) is 0.264. The molecule has 1 aliphatic rings. The summed E-state index contributed by atoms with van der Waals surface area (Å²) in [4.78, 5) is 48.0. The van der Waals surface area contributed by atoms with Gasteiger partial charge in [0.25, 0.3) is 11.8 Å². The highest BCUT2D eigenvalue weighted by Gasteiger charge is 2.34. The van der Waals surface area contributed by atoms with Gasteiger partial charge in [-0.15, -0.1) is 0 Å². The Morgan fingerprint density at radius 3 is 2.30 bits per heavy atom. The normalized spacial score (nSPS) is 12.9. The first-order chi connectivity index (χ1) is 17.5. The lowest BCUT2D eigenvalue weighted by Gasteiger charge is -2.37. The molecular weight excluding hydrogens is 472 g/mol. The van der Waals surface area contributed by atoms with Gasteiger partial charge in [0.05, 0.1) is 11.1 Å². The number of ether oxygens (including phenoxy) is 1. The third-order valence-corrected chi connectivity index (χ3v) is 5.57. The molecule has 10 heteroatoms. The van der Waals surface area contributed by atoms with Crippen LogP contribution in [0, 0.1) is 17.2 Å². The fraction of sp³-hybridized carbons (Fsp3) is 0.481. The molecule has 0 spiro atoms. The number of aromatic nitrogens is 2. The van der Waals surface area contributed by atoms with Crippen LogP contribution < -0.4 is 5.01 Å². The van der Waals surface area contributed by atoms with E-state index < -0.39 is 11.7 Å². The second-order valence-corrected chi connectivity index (χ2v) is 10.3. The van der Waals surface area contributed by atoms with Crippen LogP contribution in [0.4, 0.5) is 10.6 Å². The maximum Gasteiger partial charge on any atom is 0.429 e. The Morgan fingerprint density at radius 2 is 1.73 bits per heavy atom. The molecule has 1 aromatic heterocycles. The monoisotopic (exact) mass is 506 g/mol. The summed E-state index contributed by atoms with van der Waals surface area (Å²) in [6.45, 7) is 10.6. The van der Waals surface area contributed by atoms with Gasteiger partial charge in [0.1, 0.15) is 11.7 Å². The van der Waals surface area contributed by atoms with Crippen LogP contribution in [0.15, 0.2) is 36.5 Å². The smallest absolute Gasteiger partial charge is 0.429 e. The number of unbranched alkanes of at least 4 members (excludes halogenated alkanes) is 2. The summed E-state index contributed by atoms with van der Waals surface area (Å²) in [5.74, 6) is 0.0834. The molecule has 1 aliphatic heterocycles. The molecule has 37 heavy (non-hydrogen) atoms. The number of rotatable bonds is 10. The highest BCUT2D eigenvalue weighted by molar-refractivity contribution is 6.21. The van der Waals surface area contributed by atoms with E-state index in [1.807, 2.05) is 19.9 Å². The third-order valence-electron chi connectivity index (χ3n) is 5.57. The van der Waals surface area contributed by atoms with Crippen molar-refractivity contribution in [3.05, 3.63) is 53.5 Å². The van der Waals surface area contributed by atoms with Crippen LogP contribution in [0.25, 0.3) is 0 Å². The van der Waals surface area contributed by atoms with Crippen molar-refractivity contribution in [2.24, 2.45) is 5.92 Å². The number of carbonyl (C=O) groups is 3. The predicted octanol–water partition coefficient (Wildman–Crippen LogP) is 4.43. The molecular formula is C27H34N6O4. The fourth-order valence-electron chi connectivity index (χ4n) is 3.98. The van der Waals surface area contributed by atoms with Gasteiger partial charge in [-0.25, -0.2) is 14.8 Å². The Morgan fingerprint density at radius 1 is 1.08 bits per heavy atom. The lowest BCUT2D eigenvalue weighted by atomic mass is 10.1. The molecule has 0 fully saturated rings. The number of hydrogen-bond donors (Lipinski definition) is 0. The Hall–Kier alpha value is -4.00. The summed E-state index contributed by atoms with van der Waals surface area (Å²) in [5.41, 5.74) is 0.178. The fourth-order valence-corrected chi connectivity index (χ4v) is 3.98. The second-order valence-electron chi connectivity index (χ2n) is 10.3. The summed E-state index contributed by atoms with van der Waals surface area (Å²) >= 11 is 0. The number of benzene rings is 1. The third kappa shape index (κ3) is 7.03. The van der Waals surface area contributed by atoms with Crippen molar-refractivity contribution in [1.29, 1.82) is 5.26 Å². The Kier molecular flexibility index (Phi) is 8.81. The number of nitrogens with zero attached hydrogens (tertiary/aromatic N) is 6. The number of amides is 3. The molecule has 0 aliphatic carbocycles. The molecule has 3 rings (SSSR count). The first kappa shape index (κ1) is 27.6. The number of fused-ring (bicyclic) bond motifs is 1. The van der Waals surface area contributed by atoms with Crippen molar-refractivity contribution < 1.29 is 19.1 Å². The predicted molar refractivity (Wildman–Crippen MR) is 138 cm³/mol. The van der Waals surface area contributed by atoms with Crippen LogP contribution in [-0.2, 0) is 4.74 Å². The molecule has 10 nitrogen and oxygen atoms in total. The molecule has 0 saturated carbocycles. The van der Waals surface area contributed by atoms with Gasteiger partial charge in [-0.1, -0.05) is 26.0 Å². The first-order valence-electron chi connectivity index (χ1n) is 12.5. The minimum atomic E-state index is -0.701. The van der Waals surface area contributed by atoms with E-state index in [4.69, 9.17) is 4.74 Å². The van der Waals surface area contributed by atoms with E-state index in [0.717, 1.165) is 0 Å². The van der Waals surface area contributed by atoms with E-state index in [1.165, 1.54) is 16.1 Å². The van der Waals surface area contributed by atoms with Gasteiger partial charge >= 0.3 is 6.09 Å². The van der Waals surface area contributed by atoms with Gasteiger partial charge in [0, 0.05) is 31.9 Å². The van der Waals surface area contributed by atoms with Crippen molar-refractivity contribution >= 4 is 23.7 Å². The molecule has 0 unspecified atom stereocenters. The molecule has 0 atom stereocenters. The highest BCUT2D eigenvalue weighted by Crippen LogP contribution is 2.23. The van der Waals surface area contributed by atoms with Crippen molar-refractivity contribution in [2.75, 3.05) is 24.6 Å². The zero-order chi connectivity index (χ0) is 27.2. The maximum atomic E-state index is 13.3. The number of nitriles is 1. The molecule has 3 amide bonds. The Balaban J connectivity index is 1.69. The summed E-state index contributed by atoms with van der Waals surface area (Å²) in [7, 11) is 0. The zero-order valence-electron chi connectivity index (χ0n) is 22.1. The molecule has 2 aromatic rings. The van der Waals surface area contributed by atoms with E-state index in [0.29, 0.717) is 55.8 Å². The van der Waals surface area contributed by atoms with E-state index >= 15 is 0 Å². The van der Waals surface area contributed by atoms with Gasteiger partial charge < -0.3 is 4.74 Å². The minimum absolute atomic E-state index is 0.0105. The van der Waals surface area contributed by atoms with Gasteiger partial charge in [-0.3, -0.25) is 19.5 Å². The summed E-state index contributed by atoms with van der Waals surface area (Å²) in [6.07, 6.45) is 2.85. The van der Waals surface area contributed by atoms with Crippen molar-refractivity contribution in [1.82, 2.24) is 19.9 Å².